The highest BCUT2D eigenvalue weighted by Crippen LogP contribution is 2.39. The Labute approximate surface area is 111 Å². The van der Waals surface area contributed by atoms with E-state index in [-0.39, 0.29) is 0 Å². The van der Waals surface area contributed by atoms with Gasteiger partial charge in [0.2, 0.25) is 0 Å². The highest BCUT2D eigenvalue weighted by atomic mass is 32.1. The minimum absolute atomic E-state index is 0.659. The van der Waals surface area contributed by atoms with Gasteiger partial charge in [-0.25, -0.2) is 4.98 Å². The van der Waals surface area contributed by atoms with Gasteiger partial charge in [-0.05, 0) is 24.9 Å². The Bertz CT molecular complexity index is 582. The van der Waals surface area contributed by atoms with Crippen molar-refractivity contribution in [3.63, 3.8) is 0 Å². The summed E-state index contributed by atoms with van der Waals surface area (Å²) < 4.78 is 0. The van der Waals surface area contributed by atoms with Crippen LogP contribution in [0.25, 0.3) is 11.3 Å². The number of hydrogen-bond acceptors (Lipinski definition) is 3. The van der Waals surface area contributed by atoms with Crippen LogP contribution in [-0.4, -0.2) is 17.6 Å². The van der Waals surface area contributed by atoms with Crippen LogP contribution in [0.4, 0.5) is 0 Å². The van der Waals surface area contributed by atoms with Crippen molar-refractivity contribution in [1.82, 2.24) is 10.3 Å². The number of benzene rings is 1. The molecule has 1 aromatic heterocycles. The van der Waals surface area contributed by atoms with Gasteiger partial charge in [0.25, 0.3) is 0 Å². The number of aromatic nitrogens is 1. The molecule has 3 heteroatoms. The SMILES string of the molecule is c1ccc2c(c1)Cc1sc(CC3CCCN3)nc1-2. The molecular weight excluding hydrogens is 240 g/mol. The number of hydrogen-bond donors (Lipinski definition) is 1. The van der Waals surface area contributed by atoms with Gasteiger partial charge in [-0.15, -0.1) is 11.3 Å². The monoisotopic (exact) mass is 256 g/mol. The number of nitrogens with zero attached hydrogens (tertiary/aromatic N) is 1. The molecule has 0 saturated carbocycles. The maximum atomic E-state index is 4.87. The van der Waals surface area contributed by atoms with Gasteiger partial charge < -0.3 is 5.32 Å². The largest absolute Gasteiger partial charge is 0.314 e. The van der Waals surface area contributed by atoms with Crippen molar-refractivity contribution in [3.05, 3.63) is 39.7 Å². The van der Waals surface area contributed by atoms with Crippen molar-refractivity contribution in [2.45, 2.75) is 31.7 Å². The molecule has 0 bridgehead atoms. The molecule has 2 nitrogen and oxygen atoms in total. The minimum atomic E-state index is 0.659. The lowest BCUT2D eigenvalue weighted by atomic mass is 10.1. The third kappa shape index (κ3) is 1.70. The van der Waals surface area contributed by atoms with Crippen LogP contribution in [0.15, 0.2) is 24.3 Å². The Hall–Kier alpha value is -1.19. The van der Waals surface area contributed by atoms with Crippen molar-refractivity contribution in [3.8, 4) is 11.3 Å². The van der Waals surface area contributed by atoms with Crippen LogP contribution in [0, 0.1) is 0 Å². The van der Waals surface area contributed by atoms with Crippen LogP contribution < -0.4 is 5.32 Å². The topological polar surface area (TPSA) is 24.9 Å². The van der Waals surface area contributed by atoms with Crippen molar-refractivity contribution < 1.29 is 0 Å². The Balaban J connectivity index is 1.63. The Morgan fingerprint density at radius 2 is 2.28 bits per heavy atom. The summed E-state index contributed by atoms with van der Waals surface area (Å²) in [4.78, 5) is 6.34. The van der Waals surface area contributed by atoms with Gasteiger partial charge >= 0.3 is 0 Å². The predicted octanol–water partition coefficient (Wildman–Crippen LogP) is 3.01. The van der Waals surface area contributed by atoms with E-state index in [9.17, 15) is 0 Å². The summed E-state index contributed by atoms with van der Waals surface area (Å²) in [5, 5.41) is 4.87. The van der Waals surface area contributed by atoms with Crippen LogP contribution in [0.5, 0.6) is 0 Å². The summed E-state index contributed by atoms with van der Waals surface area (Å²) in [5.74, 6) is 0. The summed E-state index contributed by atoms with van der Waals surface area (Å²) in [7, 11) is 0. The molecule has 1 atom stereocenters. The van der Waals surface area contributed by atoms with Crippen molar-refractivity contribution in [2.75, 3.05) is 6.54 Å². The van der Waals surface area contributed by atoms with Gasteiger partial charge in [0, 0.05) is 29.3 Å². The van der Waals surface area contributed by atoms with Crippen LogP contribution >= 0.6 is 11.3 Å². The van der Waals surface area contributed by atoms with Crippen LogP contribution in [0.3, 0.4) is 0 Å². The van der Waals surface area contributed by atoms with Gasteiger partial charge in [0.1, 0.15) is 0 Å². The fourth-order valence-corrected chi connectivity index (χ4v) is 4.22. The molecule has 1 aromatic carbocycles. The number of nitrogens with one attached hydrogen (secondary N) is 1. The fourth-order valence-electron chi connectivity index (χ4n) is 3.04. The summed E-state index contributed by atoms with van der Waals surface area (Å²) in [6, 6.07) is 9.33. The van der Waals surface area contributed by atoms with Gasteiger partial charge in [0.15, 0.2) is 0 Å². The molecule has 4 rings (SSSR count). The molecule has 1 saturated heterocycles. The van der Waals surface area contributed by atoms with Crippen molar-refractivity contribution in [1.29, 1.82) is 0 Å². The first kappa shape index (κ1) is 10.7. The quantitative estimate of drug-likeness (QED) is 0.762. The lowest BCUT2D eigenvalue weighted by Gasteiger charge is -2.06. The standard InChI is InChI=1S/C15H16N2S/c1-2-6-12-10(4-1)8-13-15(12)17-14(18-13)9-11-5-3-7-16-11/h1-2,4,6,11,16H,3,5,7-9H2. The normalized spacial score (nSPS) is 21.0. The van der Waals surface area contributed by atoms with Crippen LogP contribution in [-0.2, 0) is 12.8 Å². The van der Waals surface area contributed by atoms with Gasteiger partial charge in [-0.1, -0.05) is 24.3 Å². The molecule has 1 unspecified atom stereocenters. The molecule has 2 heterocycles. The highest BCUT2D eigenvalue weighted by Gasteiger charge is 2.24. The Morgan fingerprint density at radius 3 is 3.17 bits per heavy atom. The molecule has 0 radical (unpaired) electrons. The molecule has 0 amide bonds. The molecule has 1 fully saturated rings. The fraction of sp³-hybridized carbons (Fsp3) is 0.400. The zero-order valence-electron chi connectivity index (χ0n) is 10.3. The minimum Gasteiger partial charge on any atom is -0.314 e. The summed E-state index contributed by atoms with van der Waals surface area (Å²) in [5.41, 5.74) is 4.05. The van der Waals surface area contributed by atoms with Gasteiger partial charge in [0.05, 0.1) is 10.7 Å². The second-order valence-corrected chi connectivity index (χ2v) is 6.38. The average molecular weight is 256 g/mol. The molecular formula is C15H16N2S. The second-order valence-electron chi connectivity index (χ2n) is 5.21. The molecule has 1 aliphatic carbocycles. The van der Waals surface area contributed by atoms with Crippen LogP contribution in [0.1, 0.15) is 28.3 Å². The maximum absolute atomic E-state index is 4.87. The zero-order chi connectivity index (χ0) is 11.9. The summed E-state index contributed by atoms with van der Waals surface area (Å²) in [6.45, 7) is 1.18. The van der Waals surface area contributed by atoms with E-state index in [1.165, 1.54) is 46.1 Å². The number of rotatable bonds is 2. The zero-order valence-corrected chi connectivity index (χ0v) is 11.1. The first-order chi connectivity index (χ1) is 8.90. The van der Waals surface area contributed by atoms with Crippen LogP contribution in [0.2, 0.25) is 0 Å². The van der Waals surface area contributed by atoms with E-state index in [0.717, 1.165) is 12.8 Å². The molecule has 2 aromatic rings. The third-order valence-electron chi connectivity index (χ3n) is 3.95. The number of thiazole rings is 1. The average Bonchev–Trinajstić information content (AvgIpc) is 3.05. The third-order valence-corrected chi connectivity index (χ3v) is 5.03. The lowest BCUT2D eigenvalue weighted by molar-refractivity contribution is 0.601. The molecule has 1 N–H and O–H groups in total. The van der Waals surface area contributed by atoms with Gasteiger partial charge in [-0.3, -0.25) is 0 Å². The molecule has 2 aliphatic rings. The Kier molecular flexibility index (Phi) is 2.49. The lowest BCUT2D eigenvalue weighted by Crippen LogP contribution is -2.23. The van der Waals surface area contributed by atoms with E-state index in [1.807, 2.05) is 11.3 Å². The first-order valence-corrected chi connectivity index (χ1v) is 7.52. The summed E-state index contributed by atoms with van der Waals surface area (Å²) in [6.07, 6.45) is 4.82. The van der Waals surface area contributed by atoms with E-state index in [4.69, 9.17) is 4.98 Å². The summed E-state index contributed by atoms with van der Waals surface area (Å²) >= 11 is 1.91. The predicted molar refractivity (Wildman–Crippen MR) is 75.1 cm³/mol. The smallest absolute Gasteiger partial charge is 0.0951 e. The second kappa shape index (κ2) is 4.18. The van der Waals surface area contributed by atoms with Gasteiger partial charge in [-0.2, -0.15) is 0 Å². The first-order valence-electron chi connectivity index (χ1n) is 6.70. The molecule has 0 spiro atoms. The van der Waals surface area contributed by atoms with E-state index in [0.29, 0.717) is 6.04 Å². The maximum Gasteiger partial charge on any atom is 0.0951 e. The Morgan fingerprint density at radius 1 is 1.33 bits per heavy atom. The molecule has 1 aliphatic heterocycles. The van der Waals surface area contributed by atoms with E-state index < -0.39 is 0 Å². The molecule has 92 valence electrons. The molecule has 18 heavy (non-hydrogen) atoms. The number of fused-ring (bicyclic) bond motifs is 3. The van der Waals surface area contributed by atoms with Crippen molar-refractivity contribution in [2.24, 2.45) is 0 Å². The van der Waals surface area contributed by atoms with E-state index >= 15 is 0 Å². The van der Waals surface area contributed by atoms with E-state index in [1.54, 1.807) is 0 Å². The highest BCUT2D eigenvalue weighted by molar-refractivity contribution is 7.12. The van der Waals surface area contributed by atoms with Crippen molar-refractivity contribution >= 4 is 11.3 Å². The van der Waals surface area contributed by atoms with E-state index in [2.05, 4.69) is 29.6 Å².